The summed E-state index contributed by atoms with van der Waals surface area (Å²) in [4.78, 5) is 39.4. The highest BCUT2D eigenvalue weighted by Gasteiger charge is 2.39. The first kappa shape index (κ1) is 26.3. The molecule has 2 aromatic carbocycles. The van der Waals surface area contributed by atoms with E-state index >= 15 is 0 Å². The van der Waals surface area contributed by atoms with Crippen LogP contribution in [0.3, 0.4) is 0 Å². The van der Waals surface area contributed by atoms with Crippen molar-refractivity contribution in [3.8, 4) is 0 Å². The number of alkyl halides is 2. The van der Waals surface area contributed by atoms with Gasteiger partial charge in [0.1, 0.15) is 18.4 Å². The Hall–Kier alpha value is -3.27. The molecule has 0 heterocycles. The van der Waals surface area contributed by atoms with Crippen LogP contribution in [0.5, 0.6) is 0 Å². The molecule has 188 valence electrons. The summed E-state index contributed by atoms with van der Waals surface area (Å²) < 4.78 is 45.8. The molecule has 3 amide bonds. The Bertz CT molecular complexity index is 1080. The maximum Gasteiger partial charge on any atom is 0.407 e. The lowest BCUT2D eigenvalue weighted by atomic mass is 9.91. The lowest BCUT2D eigenvalue weighted by Crippen LogP contribution is -2.50. The van der Waals surface area contributed by atoms with E-state index < -0.39 is 48.3 Å². The van der Waals surface area contributed by atoms with Crippen molar-refractivity contribution in [2.45, 2.75) is 43.7 Å². The number of nitrogens with zero attached hydrogens (tertiary/aromatic N) is 1. The summed E-state index contributed by atoms with van der Waals surface area (Å²) in [5.41, 5.74) is 0.278. The zero-order chi connectivity index (χ0) is 25.6. The van der Waals surface area contributed by atoms with E-state index in [1.165, 1.54) is 30.3 Å². The van der Waals surface area contributed by atoms with Gasteiger partial charge >= 0.3 is 6.09 Å². The minimum Gasteiger partial charge on any atom is -0.453 e. The van der Waals surface area contributed by atoms with E-state index in [-0.39, 0.29) is 42.0 Å². The maximum absolute atomic E-state index is 14.1. The van der Waals surface area contributed by atoms with Gasteiger partial charge in [0, 0.05) is 35.2 Å². The van der Waals surface area contributed by atoms with E-state index in [1.807, 2.05) is 0 Å². The number of carbonyl (C=O) groups excluding carboxylic acids is 3. The number of methoxy groups -OCH3 is 1. The van der Waals surface area contributed by atoms with Crippen LogP contribution in [0.25, 0.3) is 0 Å². The number of halogens is 4. The molecule has 3 rings (SSSR count). The minimum atomic E-state index is -2.79. The molecule has 11 heteroatoms. The Labute approximate surface area is 205 Å². The third kappa shape index (κ3) is 6.88. The number of hydrogen-bond acceptors (Lipinski definition) is 4. The van der Waals surface area contributed by atoms with Gasteiger partial charge in [0.25, 0.3) is 0 Å². The van der Waals surface area contributed by atoms with Gasteiger partial charge in [-0.1, -0.05) is 35.9 Å². The monoisotopic (exact) mass is 511 g/mol. The number of amides is 3. The van der Waals surface area contributed by atoms with Crippen LogP contribution in [0.1, 0.15) is 37.3 Å². The third-order valence-corrected chi connectivity index (χ3v) is 6.04. The number of hydrogen-bond donors (Lipinski definition) is 2. The van der Waals surface area contributed by atoms with Crippen molar-refractivity contribution >= 4 is 35.2 Å². The van der Waals surface area contributed by atoms with Crippen LogP contribution >= 0.6 is 11.6 Å². The molecule has 0 aromatic heterocycles. The maximum atomic E-state index is 14.1. The summed E-state index contributed by atoms with van der Waals surface area (Å²) in [5.74, 6) is -4.87. The molecule has 1 fully saturated rings. The summed E-state index contributed by atoms with van der Waals surface area (Å²) in [5, 5.41) is 5.17. The summed E-state index contributed by atoms with van der Waals surface area (Å²) in [6.45, 7) is -0.562. The van der Waals surface area contributed by atoms with Crippen LogP contribution in [0.15, 0.2) is 48.5 Å². The van der Waals surface area contributed by atoms with E-state index in [2.05, 4.69) is 15.4 Å². The Kier molecular flexibility index (Phi) is 8.61. The Balaban J connectivity index is 2.00. The van der Waals surface area contributed by atoms with E-state index in [1.54, 1.807) is 12.1 Å². The first-order chi connectivity index (χ1) is 16.6. The molecule has 0 saturated heterocycles. The van der Waals surface area contributed by atoms with Crippen LogP contribution in [-0.2, 0) is 14.3 Å². The van der Waals surface area contributed by atoms with E-state index in [0.717, 1.165) is 18.1 Å². The van der Waals surface area contributed by atoms with Crippen LogP contribution in [-0.4, -0.2) is 43.5 Å². The molecule has 7 nitrogen and oxygen atoms in total. The van der Waals surface area contributed by atoms with Gasteiger partial charge in [0.15, 0.2) is 0 Å². The highest BCUT2D eigenvalue weighted by atomic mass is 35.5. The fourth-order valence-electron chi connectivity index (χ4n) is 3.93. The van der Waals surface area contributed by atoms with Crippen LogP contribution < -0.4 is 15.5 Å². The number of carbonyl (C=O) groups is 3. The van der Waals surface area contributed by atoms with Crippen LogP contribution in [0.2, 0.25) is 5.02 Å². The van der Waals surface area contributed by atoms with E-state index in [9.17, 15) is 27.6 Å². The average molecular weight is 512 g/mol. The zero-order valence-electron chi connectivity index (χ0n) is 18.9. The van der Waals surface area contributed by atoms with Crippen molar-refractivity contribution in [3.05, 3.63) is 64.9 Å². The first-order valence-electron chi connectivity index (χ1n) is 10.9. The molecular formula is C24H25ClF3N3O4. The summed E-state index contributed by atoms with van der Waals surface area (Å²) in [7, 11) is 1.12. The fourth-order valence-corrected chi connectivity index (χ4v) is 4.17. The van der Waals surface area contributed by atoms with Gasteiger partial charge in [0.05, 0.1) is 7.11 Å². The predicted molar refractivity (Wildman–Crippen MR) is 124 cm³/mol. The van der Waals surface area contributed by atoms with Crippen LogP contribution in [0, 0.1) is 5.82 Å². The van der Waals surface area contributed by atoms with Crippen molar-refractivity contribution in [2.75, 3.05) is 18.6 Å². The van der Waals surface area contributed by atoms with Gasteiger partial charge < -0.3 is 15.4 Å². The topological polar surface area (TPSA) is 87.7 Å². The molecule has 1 saturated carbocycles. The standard InChI is InChI=1S/C24H25ClF3N3O4/c1-35-23(34)29-14-20(32)31(17-6-4-5-15(26)13-17)21(18-7-2-3-8-19(18)25)22(33)30-16-9-11-24(27,28)12-10-16/h2-8,13,16,21H,9-12,14H2,1H3,(H,29,34)(H,30,33). The second-order valence-electron chi connectivity index (χ2n) is 8.15. The molecule has 0 aliphatic heterocycles. The molecule has 1 unspecified atom stereocenters. The molecular weight excluding hydrogens is 487 g/mol. The second-order valence-corrected chi connectivity index (χ2v) is 8.56. The zero-order valence-corrected chi connectivity index (χ0v) is 19.7. The highest BCUT2D eigenvalue weighted by Crippen LogP contribution is 2.35. The third-order valence-electron chi connectivity index (χ3n) is 5.69. The normalized spacial score (nSPS) is 16.1. The number of benzene rings is 2. The summed E-state index contributed by atoms with van der Waals surface area (Å²) in [6.07, 6.45) is -1.49. The lowest BCUT2D eigenvalue weighted by molar-refractivity contribution is -0.127. The summed E-state index contributed by atoms with van der Waals surface area (Å²) in [6, 6.07) is 9.43. The van der Waals surface area contributed by atoms with Crippen molar-refractivity contribution < 1.29 is 32.3 Å². The Morgan fingerprint density at radius 2 is 1.83 bits per heavy atom. The largest absolute Gasteiger partial charge is 0.453 e. The molecule has 2 aromatic rings. The average Bonchev–Trinajstić information content (AvgIpc) is 2.82. The second kappa shape index (κ2) is 11.4. The highest BCUT2D eigenvalue weighted by molar-refractivity contribution is 6.31. The van der Waals surface area contributed by atoms with Gasteiger partial charge in [-0.25, -0.2) is 18.0 Å². The molecule has 1 aliphatic carbocycles. The van der Waals surface area contributed by atoms with Crippen molar-refractivity contribution in [3.63, 3.8) is 0 Å². The molecule has 0 radical (unpaired) electrons. The number of nitrogens with one attached hydrogen (secondary N) is 2. The van der Waals surface area contributed by atoms with Gasteiger partial charge in [-0.15, -0.1) is 0 Å². The Morgan fingerprint density at radius 3 is 2.46 bits per heavy atom. The molecule has 2 N–H and O–H groups in total. The van der Waals surface area contributed by atoms with Gasteiger partial charge in [0.2, 0.25) is 17.7 Å². The number of rotatable bonds is 7. The SMILES string of the molecule is COC(=O)NCC(=O)N(c1cccc(F)c1)C(C(=O)NC1CCC(F)(F)CC1)c1ccccc1Cl. The van der Waals surface area contributed by atoms with Crippen LogP contribution in [0.4, 0.5) is 23.7 Å². The van der Waals surface area contributed by atoms with Gasteiger partial charge in [-0.2, -0.15) is 0 Å². The van der Waals surface area contributed by atoms with Crippen molar-refractivity contribution in [1.29, 1.82) is 0 Å². The lowest BCUT2D eigenvalue weighted by Gasteiger charge is -2.34. The summed E-state index contributed by atoms with van der Waals surface area (Å²) >= 11 is 6.38. The quantitative estimate of drug-likeness (QED) is 0.568. The van der Waals surface area contributed by atoms with E-state index in [0.29, 0.717) is 0 Å². The smallest absolute Gasteiger partial charge is 0.407 e. The van der Waals surface area contributed by atoms with Crippen molar-refractivity contribution in [2.24, 2.45) is 0 Å². The van der Waals surface area contributed by atoms with Gasteiger partial charge in [-0.3, -0.25) is 14.5 Å². The molecule has 0 bridgehead atoms. The fraction of sp³-hybridized carbons (Fsp3) is 0.375. The van der Waals surface area contributed by atoms with Crippen molar-refractivity contribution in [1.82, 2.24) is 10.6 Å². The first-order valence-corrected chi connectivity index (χ1v) is 11.3. The number of anilines is 1. The number of ether oxygens (including phenoxy) is 1. The van der Waals surface area contributed by atoms with E-state index in [4.69, 9.17) is 11.6 Å². The number of alkyl carbamates (subject to hydrolysis) is 1. The molecule has 35 heavy (non-hydrogen) atoms. The van der Waals surface area contributed by atoms with Gasteiger partial charge in [-0.05, 0) is 37.1 Å². The molecule has 1 atom stereocenters. The predicted octanol–water partition coefficient (Wildman–Crippen LogP) is 4.60. The molecule has 0 spiro atoms. The minimum absolute atomic E-state index is 0.0388. The Morgan fingerprint density at radius 1 is 1.14 bits per heavy atom. The molecule has 1 aliphatic rings.